The summed E-state index contributed by atoms with van der Waals surface area (Å²) in [6.07, 6.45) is 19.5. The number of alkyl halides is 10. The second-order valence-electron chi connectivity index (χ2n) is 33.2. The first-order valence-corrected chi connectivity index (χ1v) is 62.1. The van der Waals surface area contributed by atoms with E-state index in [9.17, 15) is 43.9 Å². The summed E-state index contributed by atoms with van der Waals surface area (Å²) in [5, 5.41) is 0. The molecule has 7 aromatic carbocycles. The molecule has 0 heterocycles. The van der Waals surface area contributed by atoms with Crippen LogP contribution in [0.3, 0.4) is 0 Å². The van der Waals surface area contributed by atoms with E-state index in [1.54, 1.807) is 14.2 Å². The third-order valence-corrected chi connectivity index (χ3v) is 19.1. The third kappa shape index (κ3) is 136. The van der Waals surface area contributed by atoms with Crippen LogP contribution in [0.2, 0.25) is 44.8 Å². The van der Waals surface area contributed by atoms with Crippen molar-refractivity contribution in [2.75, 3.05) is 86.0 Å². The molecule has 137 heavy (non-hydrogen) atoms. The Hall–Kier alpha value is -6.12. The smallest absolute Gasteiger partial charge is 0.120 e. The fourth-order valence-electron chi connectivity index (χ4n) is 9.22. The van der Waals surface area contributed by atoms with Gasteiger partial charge in [0.25, 0.3) is 0 Å². The van der Waals surface area contributed by atoms with Gasteiger partial charge in [-0.15, -0.1) is 0 Å². The van der Waals surface area contributed by atoms with Crippen LogP contribution in [0.4, 0.5) is 43.9 Å². The zero-order valence-corrected chi connectivity index (χ0v) is 111. The molecule has 0 spiro atoms. The summed E-state index contributed by atoms with van der Waals surface area (Å²) in [7, 11) is 17.8. The average Bonchev–Trinajstić information content (AvgIpc) is 1.75. The predicted molar refractivity (Wildman–Crippen MR) is 623 cm³/mol. The van der Waals surface area contributed by atoms with E-state index in [4.69, 9.17) is 42.6 Å². The van der Waals surface area contributed by atoms with E-state index in [0.29, 0.717) is 71.8 Å². The average molecular weight is 2080 g/mol. The Labute approximate surface area is 862 Å². The lowest BCUT2D eigenvalue weighted by Crippen LogP contribution is -2.34. The molecule has 9 nitrogen and oxygen atoms in total. The van der Waals surface area contributed by atoms with Crippen molar-refractivity contribution < 1.29 is 86.5 Å². The van der Waals surface area contributed by atoms with E-state index in [1.165, 1.54) is 154 Å². The van der Waals surface area contributed by atoms with Gasteiger partial charge in [-0.05, 0) is 345 Å². The topological polar surface area (TPSA) is 83.1 Å². The Kier molecular flexibility index (Phi) is 156. The molecule has 0 saturated heterocycles. The van der Waals surface area contributed by atoms with Gasteiger partial charge in [0.2, 0.25) is 0 Å². The van der Waals surface area contributed by atoms with Crippen LogP contribution in [-0.2, 0) is 9.47 Å². The number of rotatable bonds is 20. The quantitative estimate of drug-likeness (QED) is 0.0547. The first-order chi connectivity index (χ1) is 65.2. The maximum atomic E-state index is 9.50. The lowest BCUT2D eigenvalue weighted by molar-refractivity contribution is 0.0196. The second-order valence-corrected chi connectivity index (χ2v) is 35.2. The summed E-state index contributed by atoms with van der Waals surface area (Å²) in [4.78, 5) is 0. The lowest BCUT2D eigenvalue weighted by Gasteiger charge is -2.34. The molecule has 2 fully saturated rings. The maximum Gasteiger partial charge on any atom is 0.120 e. The van der Waals surface area contributed by atoms with E-state index in [2.05, 4.69) is 144 Å². The molecule has 0 atom stereocenters. The monoisotopic (exact) mass is 2080 g/mol. The zero-order chi connectivity index (χ0) is 111. The molecule has 7 aromatic rings. The van der Waals surface area contributed by atoms with E-state index < -0.39 is 0 Å². The van der Waals surface area contributed by atoms with Crippen LogP contribution in [0.5, 0.6) is 40.2 Å². The summed E-state index contributed by atoms with van der Waals surface area (Å²) in [5.74, 6) is 6.73. The van der Waals surface area contributed by atoms with Gasteiger partial charge in [0, 0.05) is 34.7 Å². The van der Waals surface area contributed by atoms with Gasteiger partial charge in [-0.3, -0.25) is 43.9 Å². The second kappa shape index (κ2) is 126. The SMILES string of the molecule is CC(C)(C)Oc1ccccc1.CC(C)(C)Oc1ccccc1.CC1(Oc2ccccc2)CCCC1.CC1(Oc2ccccc2)CCCCC1.CCC(C)(C)OC.CCC(C)(C)Oc1ccccc1.CCC(C)(C)Oc1ccccc1.CCCC(C)(C)Oc1ccccc1.CCC[SiH3].CCC[SiH3].CF.CF.CF.CF.CF.CF.CF.CF.CF.CF.COC(C)(C)C.C[SiH3].C[SiH3].C[SiH3].C[SiH3].C[SiH3]. The molecule has 0 aromatic heterocycles. The Balaban J connectivity index is -0.0000000757. The molecular formula is C111H218F10O9Si7. The number of ether oxygens (including phenoxy) is 9. The van der Waals surface area contributed by atoms with Gasteiger partial charge in [0.05, 0.1) is 83.0 Å². The number of hydrogen-bond donors (Lipinski definition) is 0. The fourth-order valence-corrected chi connectivity index (χ4v) is 9.22. The summed E-state index contributed by atoms with van der Waals surface area (Å²) in [6, 6.07) is 72.8. The van der Waals surface area contributed by atoms with Crippen molar-refractivity contribution in [2.24, 2.45) is 0 Å². The number of benzene rings is 7. The number of hydrogen-bond acceptors (Lipinski definition) is 9. The summed E-state index contributed by atoms with van der Waals surface area (Å²) < 4.78 is 146. The Morgan fingerprint density at radius 2 is 0.394 bits per heavy atom. The van der Waals surface area contributed by atoms with Crippen LogP contribution >= 0.6 is 0 Å². The normalized spacial score (nSPS) is 11.2. The molecule has 0 N–H and O–H groups in total. The lowest BCUT2D eigenvalue weighted by atomic mass is 9.86. The molecule has 0 bridgehead atoms. The molecule has 0 unspecified atom stereocenters. The van der Waals surface area contributed by atoms with E-state index in [0.717, 1.165) is 72.4 Å². The van der Waals surface area contributed by atoms with Crippen molar-refractivity contribution in [3.63, 3.8) is 0 Å². The van der Waals surface area contributed by atoms with Gasteiger partial charge in [-0.1, -0.05) is 239 Å². The van der Waals surface area contributed by atoms with Gasteiger partial charge in [0.15, 0.2) is 0 Å². The number of para-hydroxylation sites is 7. The van der Waals surface area contributed by atoms with Gasteiger partial charge in [-0.2, -0.15) is 0 Å². The van der Waals surface area contributed by atoms with Crippen LogP contribution in [0.1, 0.15) is 276 Å². The number of halogens is 10. The molecule has 2 aliphatic carbocycles. The van der Waals surface area contributed by atoms with Crippen molar-refractivity contribution in [3.05, 3.63) is 212 Å². The Bertz CT molecular complexity index is 3040. The largest absolute Gasteiger partial charge is 0.488 e. The Morgan fingerprint density at radius 1 is 0.234 bits per heavy atom. The molecule has 0 radical (unpaired) electrons. The fraction of sp³-hybridized carbons (Fsp3) is 0.622. The van der Waals surface area contributed by atoms with Crippen molar-refractivity contribution in [1.29, 1.82) is 0 Å². The minimum absolute atomic E-state index is 0.0417. The molecule has 814 valence electrons. The van der Waals surface area contributed by atoms with Crippen LogP contribution < -0.4 is 33.2 Å². The first-order valence-electron chi connectivity index (χ1n) is 49.2. The molecule has 9 rings (SSSR count). The zero-order valence-electron chi connectivity index (χ0n) is 97.4. The van der Waals surface area contributed by atoms with Crippen LogP contribution in [-0.4, -0.2) is 208 Å². The van der Waals surface area contributed by atoms with Gasteiger partial charge in [-0.25, -0.2) is 0 Å². The number of methoxy groups -OCH3 is 2. The molecule has 2 saturated carbocycles. The summed E-state index contributed by atoms with van der Waals surface area (Å²) in [6.45, 7) is 63.2. The molecule has 2 aliphatic rings. The van der Waals surface area contributed by atoms with Gasteiger partial charge < -0.3 is 42.6 Å². The van der Waals surface area contributed by atoms with Crippen LogP contribution in [0, 0.1) is 0 Å². The van der Waals surface area contributed by atoms with Crippen molar-refractivity contribution in [2.45, 2.75) is 371 Å². The molecule has 26 heteroatoms. The summed E-state index contributed by atoms with van der Waals surface area (Å²) >= 11 is 0. The highest BCUT2D eigenvalue weighted by Crippen LogP contribution is 2.35. The van der Waals surface area contributed by atoms with Crippen molar-refractivity contribution in [3.8, 4) is 40.2 Å². The van der Waals surface area contributed by atoms with Crippen LogP contribution in [0.25, 0.3) is 0 Å². The van der Waals surface area contributed by atoms with E-state index >= 15 is 0 Å². The minimum atomic E-state index is -0.0959. The predicted octanol–water partition coefficient (Wildman–Crippen LogP) is 29.5. The van der Waals surface area contributed by atoms with Gasteiger partial charge in [0.1, 0.15) is 79.5 Å². The molecule has 0 amide bonds. The highest BCUT2D eigenvalue weighted by molar-refractivity contribution is 6.08. The maximum absolute atomic E-state index is 9.50. The third-order valence-electron chi connectivity index (χ3n) is 17.1. The minimum Gasteiger partial charge on any atom is -0.488 e. The van der Waals surface area contributed by atoms with Crippen LogP contribution in [0.15, 0.2) is 212 Å². The van der Waals surface area contributed by atoms with Crippen molar-refractivity contribution >= 4 is 71.7 Å². The van der Waals surface area contributed by atoms with Crippen molar-refractivity contribution in [1.82, 2.24) is 0 Å². The summed E-state index contributed by atoms with van der Waals surface area (Å²) in [5.41, 5.74) is -0.0392. The molecule has 0 aliphatic heterocycles. The van der Waals surface area contributed by atoms with E-state index in [-0.39, 0.29) is 50.4 Å². The van der Waals surface area contributed by atoms with E-state index in [1.807, 2.05) is 275 Å². The highest BCUT2D eigenvalue weighted by Gasteiger charge is 2.31. The Morgan fingerprint density at radius 3 is 0.533 bits per heavy atom. The van der Waals surface area contributed by atoms with Gasteiger partial charge >= 0.3 is 0 Å². The first kappa shape index (κ1) is 170. The molecular weight excluding hydrogens is 1860 g/mol. The highest BCUT2D eigenvalue weighted by atomic mass is 28.2. The standard InChI is InChI=1S/C13H18O.C12H16O.C12H18O.2C11H16O.2C10H14O.C6H14O.C5H12O.2C3H10Si.10CH3F.5CH6Si/c1-13(10-6-3-7-11-13)14-12-8-4-2-5-9-12;1-12(9-5-6-10-12)13-11-7-3-2-4-8-11;1-4-10-12(2,3)13-11-8-6-5-7-9-11;2*1-4-11(2,3)12-10-8-6-5-7-9-10;2*1-10(2,3)11-9-7-5-4-6-8-9;1-5-6(2,3)7-4;1-5(2,3)6-4;2*1-2-3-4;15*1-2/h2,4-5,8-9H,3,6-7,10-11H2,1H3;2-4,7-8H,5-6,9-10H2,1H3;5-9H,4,10H2,1-3H3;2*5-9H,4H2,1-3H3;2*4-8H,1-3H3;5H2,1-4H3;1-4H3;2*2-3H2,1,4H3;10*1H3;5*1-2H3.